The minimum absolute atomic E-state index is 0.0725. The molecule has 0 aromatic carbocycles. The molecule has 0 spiro atoms. The highest BCUT2D eigenvalue weighted by Gasteiger charge is 2.25. The maximum absolute atomic E-state index is 12.0. The molecule has 1 aliphatic rings. The van der Waals surface area contributed by atoms with Crippen molar-refractivity contribution in [1.82, 2.24) is 10.2 Å². The molecular weight excluding hydrogens is 224 g/mol. The molecule has 1 heterocycles. The van der Waals surface area contributed by atoms with E-state index < -0.39 is 0 Å². The van der Waals surface area contributed by atoms with Gasteiger partial charge in [0.1, 0.15) is 0 Å². The fraction of sp³-hybridized carbons (Fsp3) is 0.933. The standard InChI is InChI=1S/C15H30N2O/c1-3-5-6-7-8-9-10-12-17-13-11-16-14(4-2)15(17)18/h14,16H,3-13H2,1-2H3. The normalized spacial score (nSPS) is 20.4. The summed E-state index contributed by atoms with van der Waals surface area (Å²) in [6.07, 6.45) is 10.1. The second-order valence-corrected chi connectivity index (χ2v) is 5.36. The van der Waals surface area contributed by atoms with Crippen molar-refractivity contribution in [3.63, 3.8) is 0 Å². The zero-order valence-corrected chi connectivity index (χ0v) is 12.2. The maximum atomic E-state index is 12.0. The summed E-state index contributed by atoms with van der Waals surface area (Å²) in [7, 11) is 0. The summed E-state index contributed by atoms with van der Waals surface area (Å²) in [5.41, 5.74) is 0. The molecule has 1 rings (SSSR count). The fourth-order valence-corrected chi connectivity index (χ4v) is 2.59. The van der Waals surface area contributed by atoms with E-state index in [1.54, 1.807) is 0 Å². The highest BCUT2D eigenvalue weighted by atomic mass is 16.2. The Balaban J connectivity index is 2.06. The summed E-state index contributed by atoms with van der Waals surface area (Å²) >= 11 is 0. The molecule has 18 heavy (non-hydrogen) atoms. The van der Waals surface area contributed by atoms with Crippen molar-refractivity contribution in [2.45, 2.75) is 71.3 Å². The van der Waals surface area contributed by atoms with Gasteiger partial charge in [0, 0.05) is 19.6 Å². The molecule has 0 aromatic heterocycles. The van der Waals surface area contributed by atoms with Gasteiger partial charge in [0.05, 0.1) is 6.04 Å². The first-order valence-electron chi connectivity index (χ1n) is 7.81. The third-order valence-corrected chi connectivity index (χ3v) is 3.82. The number of hydrogen-bond acceptors (Lipinski definition) is 2. The third-order valence-electron chi connectivity index (χ3n) is 3.82. The molecular formula is C15H30N2O. The van der Waals surface area contributed by atoms with E-state index in [2.05, 4.69) is 24.1 Å². The van der Waals surface area contributed by atoms with E-state index in [1.807, 2.05) is 0 Å². The van der Waals surface area contributed by atoms with Crippen molar-refractivity contribution in [3.8, 4) is 0 Å². The van der Waals surface area contributed by atoms with Crippen LogP contribution in [0.3, 0.4) is 0 Å². The zero-order chi connectivity index (χ0) is 13.2. The molecule has 0 saturated carbocycles. The van der Waals surface area contributed by atoms with Crippen LogP contribution in [0.25, 0.3) is 0 Å². The molecule has 0 bridgehead atoms. The average molecular weight is 254 g/mol. The van der Waals surface area contributed by atoms with E-state index in [9.17, 15) is 4.79 Å². The van der Waals surface area contributed by atoms with E-state index in [1.165, 1.54) is 44.9 Å². The molecule has 1 unspecified atom stereocenters. The lowest BCUT2D eigenvalue weighted by molar-refractivity contribution is -0.135. The van der Waals surface area contributed by atoms with Gasteiger partial charge in [-0.1, -0.05) is 52.4 Å². The minimum Gasteiger partial charge on any atom is -0.340 e. The van der Waals surface area contributed by atoms with Gasteiger partial charge in [0.2, 0.25) is 5.91 Å². The van der Waals surface area contributed by atoms with Crippen LogP contribution in [0.4, 0.5) is 0 Å². The second-order valence-electron chi connectivity index (χ2n) is 5.36. The van der Waals surface area contributed by atoms with E-state index in [0.29, 0.717) is 5.91 Å². The minimum atomic E-state index is 0.0725. The molecule has 0 aromatic rings. The lowest BCUT2D eigenvalue weighted by atomic mass is 10.1. The molecule has 0 aliphatic carbocycles. The molecule has 1 saturated heterocycles. The molecule has 1 aliphatic heterocycles. The Morgan fingerprint density at radius 1 is 1.11 bits per heavy atom. The van der Waals surface area contributed by atoms with Crippen LogP contribution < -0.4 is 5.32 Å². The Labute approximate surface area is 112 Å². The third kappa shape index (κ3) is 5.38. The van der Waals surface area contributed by atoms with Crippen LogP contribution in [0.1, 0.15) is 65.2 Å². The van der Waals surface area contributed by atoms with E-state index >= 15 is 0 Å². The van der Waals surface area contributed by atoms with Gasteiger partial charge in [-0.25, -0.2) is 0 Å². The second kappa shape index (κ2) is 9.37. The number of rotatable bonds is 9. The predicted octanol–water partition coefficient (Wildman–Crippen LogP) is 2.95. The lowest BCUT2D eigenvalue weighted by Gasteiger charge is -2.32. The van der Waals surface area contributed by atoms with Crippen molar-refractivity contribution in [2.75, 3.05) is 19.6 Å². The smallest absolute Gasteiger partial charge is 0.239 e. The summed E-state index contributed by atoms with van der Waals surface area (Å²) in [6, 6.07) is 0.0725. The van der Waals surface area contributed by atoms with E-state index in [-0.39, 0.29) is 6.04 Å². The summed E-state index contributed by atoms with van der Waals surface area (Å²) in [5.74, 6) is 0.315. The van der Waals surface area contributed by atoms with Crippen molar-refractivity contribution in [1.29, 1.82) is 0 Å². The number of nitrogens with zero attached hydrogens (tertiary/aromatic N) is 1. The molecule has 3 heteroatoms. The van der Waals surface area contributed by atoms with Crippen molar-refractivity contribution in [3.05, 3.63) is 0 Å². The number of amides is 1. The first-order valence-corrected chi connectivity index (χ1v) is 7.81. The predicted molar refractivity (Wildman–Crippen MR) is 76.7 cm³/mol. The van der Waals surface area contributed by atoms with Crippen molar-refractivity contribution >= 4 is 5.91 Å². The number of carbonyl (C=O) groups excluding carboxylic acids is 1. The van der Waals surface area contributed by atoms with Gasteiger partial charge >= 0.3 is 0 Å². The first kappa shape index (κ1) is 15.5. The topological polar surface area (TPSA) is 32.3 Å². The molecule has 3 nitrogen and oxygen atoms in total. The SMILES string of the molecule is CCCCCCCCCN1CCNC(CC)C1=O. The fourth-order valence-electron chi connectivity index (χ4n) is 2.59. The number of piperazine rings is 1. The quantitative estimate of drug-likeness (QED) is 0.642. The number of unbranched alkanes of at least 4 members (excludes halogenated alkanes) is 6. The van der Waals surface area contributed by atoms with Crippen LogP contribution in [0.5, 0.6) is 0 Å². The summed E-state index contributed by atoms with van der Waals surface area (Å²) < 4.78 is 0. The largest absolute Gasteiger partial charge is 0.340 e. The van der Waals surface area contributed by atoms with Gasteiger partial charge in [-0.2, -0.15) is 0 Å². The van der Waals surface area contributed by atoms with Crippen LogP contribution in [0.15, 0.2) is 0 Å². The Morgan fingerprint density at radius 2 is 1.78 bits per heavy atom. The zero-order valence-electron chi connectivity index (χ0n) is 12.2. The molecule has 1 fully saturated rings. The summed E-state index contributed by atoms with van der Waals surface area (Å²) in [6.45, 7) is 7.14. The highest BCUT2D eigenvalue weighted by molar-refractivity contribution is 5.82. The summed E-state index contributed by atoms with van der Waals surface area (Å²) in [5, 5.41) is 3.28. The lowest BCUT2D eigenvalue weighted by Crippen LogP contribution is -2.54. The van der Waals surface area contributed by atoms with Gasteiger partial charge in [-0.3, -0.25) is 4.79 Å². The van der Waals surface area contributed by atoms with Crippen molar-refractivity contribution < 1.29 is 4.79 Å². The first-order chi connectivity index (χ1) is 8.79. The molecule has 0 radical (unpaired) electrons. The Hall–Kier alpha value is -0.570. The number of hydrogen-bond donors (Lipinski definition) is 1. The van der Waals surface area contributed by atoms with Crippen molar-refractivity contribution in [2.24, 2.45) is 0 Å². The van der Waals surface area contributed by atoms with Gasteiger partial charge in [0.15, 0.2) is 0 Å². The van der Waals surface area contributed by atoms with Crippen LogP contribution in [0.2, 0.25) is 0 Å². The highest BCUT2D eigenvalue weighted by Crippen LogP contribution is 2.10. The van der Waals surface area contributed by atoms with E-state index in [0.717, 1.165) is 26.1 Å². The molecule has 106 valence electrons. The van der Waals surface area contributed by atoms with Crippen LogP contribution in [-0.2, 0) is 4.79 Å². The molecule has 1 N–H and O–H groups in total. The Morgan fingerprint density at radius 3 is 2.44 bits per heavy atom. The molecule has 1 atom stereocenters. The van der Waals surface area contributed by atoms with Crippen LogP contribution >= 0.6 is 0 Å². The van der Waals surface area contributed by atoms with Gasteiger partial charge < -0.3 is 10.2 Å². The van der Waals surface area contributed by atoms with Crippen LogP contribution in [-0.4, -0.2) is 36.5 Å². The van der Waals surface area contributed by atoms with E-state index in [4.69, 9.17) is 0 Å². The number of carbonyl (C=O) groups is 1. The Kier molecular flexibility index (Phi) is 8.06. The Bertz CT molecular complexity index is 231. The summed E-state index contributed by atoms with van der Waals surface area (Å²) in [4.78, 5) is 14.1. The van der Waals surface area contributed by atoms with Gasteiger partial charge in [0.25, 0.3) is 0 Å². The van der Waals surface area contributed by atoms with Gasteiger partial charge in [-0.15, -0.1) is 0 Å². The maximum Gasteiger partial charge on any atom is 0.239 e. The average Bonchev–Trinajstić information content (AvgIpc) is 2.39. The number of nitrogens with one attached hydrogen (secondary N) is 1. The monoisotopic (exact) mass is 254 g/mol. The van der Waals surface area contributed by atoms with Crippen LogP contribution in [0, 0.1) is 0 Å². The molecule has 1 amide bonds. The van der Waals surface area contributed by atoms with Gasteiger partial charge in [-0.05, 0) is 12.8 Å².